The van der Waals surface area contributed by atoms with Crippen LogP contribution in [0.15, 0.2) is 12.7 Å². The van der Waals surface area contributed by atoms with E-state index >= 15 is 0 Å². The highest BCUT2D eigenvalue weighted by atomic mass is 19.3. The van der Waals surface area contributed by atoms with Crippen LogP contribution in [0.4, 0.5) is 8.78 Å². The number of esters is 1. The number of alkyl halides is 2. The first-order valence-corrected chi connectivity index (χ1v) is 3.07. The molecule has 5 heteroatoms. The Hall–Kier alpha value is -1.26. The third-order valence-electron chi connectivity index (χ3n) is 1.10. The van der Waals surface area contributed by atoms with Crippen LogP contribution in [0.25, 0.3) is 0 Å². The Morgan fingerprint density at radius 1 is 1.58 bits per heavy atom. The van der Waals surface area contributed by atoms with Crippen molar-refractivity contribution in [3.63, 3.8) is 0 Å². The molecule has 0 bridgehead atoms. The molecule has 12 heavy (non-hydrogen) atoms. The SMILES string of the molecule is C=CCC(F)(F)C(=O)C(=O)OC. The second kappa shape index (κ2) is 3.94. The highest BCUT2D eigenvalue weighted by Crippen LogP contribution is 2.20. The van der Waals surface area contributed by atoms with Gasteiger partial charge in [-0.15, -0.1) is 6.58 Å². The van der Waals surface area contributed by atoms with Crippen molar-refractivity contribution in [2.45, 2.75) is 12.3 Å². The molecule has 0 spiro atoms. The second-order valence-electron chi connectivity index (χ2n) is 2.02. The zero-order valence-electron chi connectivity index (χ0n) is 6.47. The monoisotopic (exact) mass is 178 g/mol. The van der Waals surface area contributed by atoms with Crippen molar-refractivity contribution < 1.29 is 23.1 Å². The molecule has 0 atom stereocenters. The van der Waals surface area contributed by atoms with Crippen LogP contribution in [0.1, 0.15) is 6.42 Å². The molecule has 0 N–H and O–H groups in total. The van der Waals surface area contributed by atoms with Crippen LogP contribution in [0.3, 0.4) is 0 Å². The molecule has 0 saturated heterocycles. The normalized spacial score (nSPS) is 10.6. The first-order valence-electron chi connectivity index (χ1n) is 3.07. The van der Waals surface area contributed by atoms with Gasteiger partial charge in [-0.3, -0.25) is 4.79 Å². The number of carbonyl (C=O) groups excluding carboxylic acids is 2. The van der Waals surface area contributed by atoms with Crippen LogP contribution >= 0.6 is 0 Å². The number of rotatable bonds is 4. The minimum Gasteiger partial charge on any atom is -0.463 e. The number of ketones is 1. The second-order valence-corrected chi connectivity index (χ2v) is 2.02. The fourth-order valence-corrected chi connectivity index (χ4v) is 0.516. The predicted octanol–water partition coefficient (Wildman–Crippen LogP) is 0.940. The molecular weight excluding hydrogens is 170 g/mol. The maximum absolute atomic E-state index is 12.5. The lowest BCUT2D eigenvalue weighted by atomic mass is 10.1. The fourth-order valence-electron chi connectivity index (χ4n) is 0.516. The number of hydrogen-bond donors (Lipinski definition) is 0. The van der Waals surface area contributed by atoms with Crippen LogP contribution in [0.2, 0.25) is 0 Å². The van der Waals surface area contributed by atoms with E-state index in [2.05, 4.69) is 11.3 Å². The van der Waals surface area contributed by atoms with Crippen molar-refractivity contribution in [2.75, 3.05) is 7.11 Å². The first-order chi connectivity index (χ1) is 5.45. The van der Waals surface area contributed by atoms with Crippen molar-refractivity contribution in [3.8, 4) is 0 Å². The summed E-state index contributed by atoms with van der Waals surface area (Å²) in [6.45, 7) is 3.03. The third kappa shape index (κ3) is 2.41. The molecular formula is C7H8F2O3. The molecule has 0 aliphatic carbocycles. The summed E-state index contributed by atoms with van der Waals surface area (Å²) < 4.78 is 28.9. The van der Waals surface area contributed by atoms with E-state index in [9.17, 15) is 18.4 Å². The summed E-state index contributed by atoms with van der Waals surface area (Å²) in [5.41, 5.74) is 0. The van der Waals surface area contributed by atoms with Crippen molar-refractivity contribution >= 4 is 11.8 Å². The van der Waals surface area contributed by atoms with Gasteiger partial charge in [-0.1, -0.05) is 6.08 Å². The van der Waals surface area contributed by atoms with Crippen molar-refractivity contribution in [3.05, 3.63) is 12.7 Å². The minimum atomic E-state index is -3.70. The Morgan fingerprint density at radius 2 is 2.08 bits per heavy atom. The number of hydrogen-bond acceptors (Lipinski definition) is 3. The molecule has 68 valence electrons. The summed E-state index contributed by atoms with van der Waals surface area (Å²) in [5, 5.41) is 0. The topological polar surface area (TPSA) is 43.4 Å². The van der Waals surface area contributed by atoms with Gasteiger partial charge >= 0.3 is 17.7 Å². The predicted molar refractivity (Wildman–Crippen MR) is 36.8 cm³/mol. The lowest BCUT2D eigenvalue weighted by Crippen LogP contribution is -2.35. The molecule has 0 aromatic carbocycles. The summed E-state index contributed by atoms with van der Waals surface area (Å²) in [7, 11) is 0.865. The zero-order valence-corrected chi connectivity index (χ0v) is 6.47. The van der Waals surface area contributed by atoms with E-state index in [4.69, 9.17) is 0 Å². The first kappa shape index (κ1) is 10.7. The largest absolute Gasteiger partial charge is 0.463 e. The Kier molecular flexibility index (Phi) is 3.53. The number of halogens is 2. The van der Waals surface area contributed by atoms with Gasteiger partial charge in [0, 0.05) is 6.42 Å². The molecule has 0 aromatic heterocycles. The average Bonchev–Trinajstić information content (AvgIpc) is 2.01. The number of methoxy groups -OCH3 is 1. The molecule has 0 aliphatic rings. The van der Waals surface area contributed by atoms with E-state index in [1.54, 1.807) is 0 Å². The molecule has 0 heterocycles. The Labute approximate surface area is 68.0 Å². The maximum atomic E-state index is 12.5. The number of allylic oxidation sites excluding steroid dienone is 1. The lowest BCUT2D eigenvalue weighted by Gasteiger charge is -2.09. The molecule has 0 unspecified atom stereocenters. The molecule has 0 aliphatic heterocycles. The Bertz CT molecular complexity index is 211. The number of Topliss-reactive ketones (excluding diaryl/α,β-unsaturated/α-hetero) is 1. The Morgan fingerprint density at radius 3 is 2.42 bits per heavy atom. The smallest absolute Gasteiger partial charge is 0.380 e. The summed E-state index contributed by atoms with van der Waals surface area (Å²) in [4.78, 5) is 20.9. The van der Waals surface area contributed by atoms with Crippen LogP contribution in [0, 0.1) is 0 Å². The average molecular weight is 178 g/mol. The molecule has 0 saturated carbocycles. The highest BCUT2D eigenvalue weighted by Gasteiger charge is 2.42. The summed E-state index contributed by atoms with van der Waals surface area (Å²) in [6.07, 6.45) is 0.00176. The van der Waals surface area contributed by atoms with Gasteiger partial charge in [0.1, 0.15) is 0 Å². The fraction of sp³-hybridized carbons (Fsp3) is 0.429. The van der Waals surface area contributed by atoms with E-state index in [0.29, 0.717) is 0 Å². The van der Waals surface area contributed by atoms with Gasteiger partial charge in [-0.2, -0.15) is 8.78 Å². The van der Waals surface area contributed by atoms with Gasteiger partial charge in [0.25, 0.3) is 0 Å². The molecule has 3 nitrogen and oxygen atoms in total. The molecule has 0 aromatic rings. The molecule has 0 radical (unpaired) electrons. The quantitative estimate of drug-likeness (QED) is 0.365. The van der Waals surface area contributed by atoms with Gasteiger partial charge in [0.15, 0.2) is 0 Å². The van der Waals surface area contributed by atoms with E-state index < -0.39 is 24.1 Å². The van der Waals surface area contributed by atoms with Crippen molar-refractivity contribution in [1.29, 1.82) is 0 Å². The van der Waals surface area contributed by atoms with E-state index in [1.165, 1.54) is 0 Å². The highest BCUT2D eigenvalue weighted by molar-refractivity contribution is 6.36. The molecule has 0 amide bonds. The maximum Gasteiger partial charge on any atom is 0.380 e. The van der Waals surface area contributed by atoms with Crippen LogP contribution < -0.4 is 0 Å². The number of ether oxygens (including phenoxy) is 1. The zero-order chi connectivity index (χ0) is 9.78. The molecule has 0 rings (SSSR count). The van der Waals surface area contributed by atoms with E-state index in [0.717, 1.165) is 13.2 Å². The number of carbonyl (C=O) groups is 2. The van der Waals surface area contributed by atoms with Crippen LogP contribution in [-0.2, 0) is 14.3 Å². The van der Waals surface area contributed by atoms with Crippen molar-refractivity contribution in [1.82, 2.24) is 0 Å². The lowest BCUT2D eigenvalue weighted by molar-refractivity contribution is -0.163. The van der Waals surface area contributed by atoms with Gasteiger partial charge in [-0.05, 0) is 0 Å². The standard InChI is InChI=1S/C7H8F2O3/c1-3-4-7(8,9)5(10)6(11)12-2/h3H,1,4H2,2H3. The van der Waals surface area contributed by atoms with Gasteiger partial charge in [0.2, 0.25) is 0 Å². The van der Waals surface area contributed by atoms with Crippen LogP contribution in [-0.4, -0.2) is 24.8 Å². The van der Waals surface area contributed by atoms with Gasteiger partial charge in [0.05, 0.1) is 7.11 Å². The Balaban J connectivity index is 4.44. The summed E-state index contributed by atoms with van der Waals surface area (Å²) in [6, 6.07) is 0. The third-order valence-corrected chi connectivity index (χ3v) is 1.10. The van der Waals surface area contributed by atoms with E-state index in [1.807, 2.05) is 0 Å². The van der Waals surface area contributed by atoms with E-state index in [-0.39, 0.29) is 0 Å². The minimum absolute atomic E-state index is 0.860. The van der Waals surface area contributed by atoms with Gasteiger partial charge < -0.3 is 4.74 Å². The van der Waals surface area contributed by atoms with Crippen LogP contribution in [0.5, 0.6) is 0 Å². The van der Waals surface area contributed by atoms with Gasteiger partial charge in [-0.25, -0.2) is 4.79 Å². The van der Waals surface area contributed by atoms with Crippen molar-refractivity contribution in [2.24, 2.45) is 0 Å². The summed E-state index contributed by atoms with van der Waals surface area (Å²) >= 11 is 0. The summed E-state index contributed by atoms with van der Waals surface area (Å²) in [5.74, 6) is -7.08. The molecule has 0 fully saturated rings.